The predicted molar refractivity (Wildman–Crippen MR) is 109 cm³/mol. The molecule has 1 saturated heterocycles. The molecule has 1 unspecified atom stereocenters. The van der Waals surface area contributed by atoms with E-state index >= 15 is 0 Å². The van der Waals surface area contributed by atoms with E-state index < -0.39 is 83.0 Å². The molecule has 0 radical (unpaired) electrons. The molecule has 1 aromatic heterocycles. The van der Waals surface area contributed by atoms with Gasteiger partial charge in [-0.2, -0.15) is 0 Å². The third-order valence-electron chi connectivity index (χ3n) is 4.92. The molecule has 1 fully saturated rings. The number of aryl methyl sites for hydroxylation is 1. The molecule has 8 atom stereocenters. The Bertz CT molecular complexity index is 1130. The topological polar surface area (TPSA) is 290 Å². The van der Waals surface area contributed by atoms with Crippen molar-refractivity contribution < 1.29 is 126 Å². The maximum Gasteiger partial charge on any atom is 1.00 e. The molecule has 1 aliphatic rings. The van der Waals surface area contributed by atoms with Crippen molar-refractivity contribution in [2.24, 2.45) is 0 Å². The Balaban J connectivity index is 0.00000684. The minimum absolute atomic E-state index is 0. The van der Waals surface area contributed by atoms with Crippen molar-refractivity contribution in [3.8, 4) is 0 Å². The molecule has 1 aliphatic heterocycles. The predicted octanol–water partition coefficient (Wildman–Crippen LogP) is -10.9. The molecule has 18 nitrogen and oxygen atoms in total. The number of aliphatic hydroxyl groups excluding tert-OH is 5. The van der Waals surface area contributed by atoms with E-state index in [4.69, 9.17) is 9.26 Å². The van der Waals surface area contributed by atoms with Crippen LogP contribution in [0, 0.1) is 6.92 Å². The van der Waals surface area contributed by atoms with Crippen LogP contribution in [0.3, 0.4) is 0 Å². The smallest absolute Gasteiger partial charge is 0.789 e. The summed E-state index contributed by atoms with van der Waals surface area (Å²) in [5, 5.41) is 48.5. The van der Waals surface area contributed by atoms with Crippen molar-refractivity contribution in [2.75, 3.05) is 13.2 Å². The first-order valence-corrected chi connectivity index (χ1v) is 12.9. The zero-order valence-electron chi connectivity index (χ0n) is 20.4. The number of carbonyl (C=O) groups is 1. The number of aromatic amines is 1. The first kappa shape index (κ1) is 38.4. The van der Waals surface area contributed by atoms with Gasteiger partial charge in [-0.25, -0.2) is 9.36 Å². The largest absolute Gasteiger partial charge is 1.00 e. The summed E-state index contributed by atoms with van der Waals surface area (Å²) < 4.78 is 43.4. The van der Waals surface area contributed by atoms with E-state index in [9.17, 15) is 58.8 Å². The van der Waals surface area contributed by atoms with Crippen LogP contribution in [0.2, 0.25) is 0 Å². The molecule has 0 spiro atoms. The Kier molecular flexibility index (Phi) is 16.3. The molecular weight excluding hydrogens is 584 g/mol. The van der Waals surface area contributed by atoms with Gasteiger partial charge in [-0.1, -0.05) is 0 Å². The van der Waals surface area contributed by atoms with Gasteiger partial charge in [-0.3, -0.25) is 27.7 Å². The Morgan fingerprint density at radius 2 is 1.84 bits per heavy atom. The summed E-state index contributed by atoms with van der Waals surface area (Å²) in [5.41, 5.74) is -1.40. The van der Waals surface area contributed by atoms with Gasteiger partial charge in [-0.05, 0) is 6.92 Å². The van der Waals surface area contributed by atoms with Gasteiger partial charge >= 0.3 is 72.6 Å². The molecule has 1 aromatic rings. The number of aliphatic hydroxyl groups is 5. The molecule has 2 rings (SSSR count). The number of carbonyl (C=O) groups excluding carboxylic acids is 1. The number of phosphoric acid groups is 2. The third kappa shape index (κ3) is 10.6. The van der Waals surface area contributed by atoms with Crippen LogP contribution in [0.5, 0.6) is 0 Å². The van der Waals surface area contributed by atoms with E-state index in [-0.39, 0.29) is 77.4 Å². The van der Waals surface area contributed by atoms with Gasteiger partial charge in [0.1, 0.15) is 36.7 Å². The second-order valence-corrected chi connectivity index (χ2v) is 10.5. The summed E-state index contributed by atoms with van der Waals surface area (Å²) in [5.74, 6) is 0. The monoisotopic (exact) mass is 608 g/mol. The van der Waals surface area contributed by atoms with Gasteiger partial charge in [0, 0.05) is 18.2 Å². The molecule has 0 aliphatic carbocycles. The zero-order chi connectivity index (χ0) is 27.4. The van der Waals surface area contributed by atoms with Crippen LogP contribution in [-0.2, 0) is 32.0 Å². The fourth-order valence-corrected chi connectivity index (χ4v) is 5.30. The van der Waals surface area contributed by atoms with Gasteiger partial charge in [0.25, 0.3) is 5.56 Å². The number of nitrogens with one attached hydrogen (secondary N) is 1. The van der Waals surface area contributed by atoms with E-state index in [2.05, 4.69) is 8.83 Å². The summed E-state index contributed by atoms with van der Waals surface area (Å²) in [6.07, 6.45) is -12.4. The third-order valence-corrected chi connectivity index (χ3v) is 7.52. The fraction of sp³-hybridized carbons (Fsp3) is 0.688. The SMILES string of the molecule is Cc1cn([C@H]2C[C@H](O)[C@@H](COP(=O)(O[C@H](CO)[C@@H](O)[C@H](O)[C@@H](O)C=O)OP(=O)([O-])[O-])O2)c(=O)[nH]c1=O.[Na+].[Na+]. The van der Waals surface area contributed by atoms with Crippen LogP contribution < -0.4 is 80.2 Å². The molecular formula is C16H24N2Na2O16P2. The number of hydrogen-bond donors (Lipinski definition) is 6. The van der Waals surface area contributed by atoms with Crippen LogP contribution in [0.4, 0.5) is 0 Å². The number of aromatic nitrogens is 2. The van der Waals surface area contributed by atoms with E-state index in [0.29, 0.717) is 0 Å². The molecule has 0 amide bonds. The standard InChI is InChI=1S/C16H26N2O16P2.2Na/c1-7-3-18(16(26)17-15(7)25)12-2-8(21)11(32-12)6-31-36(30,34-35(27,28)29)33-10(5-20)14(24)13(23)9(22)4-19;;/h3-4,8-14,20-24H,2,5-6H2,1H3,(H,17,25,26)(H2,27,28,29);;/q;2*+1/p-2/t8-,9-,10+,11+,12+,13+,14+,36?;;/m0../s1. The van der Waals surface area contributed by atoms with E-state index in [1.165, 1.54) is 6.92 Å². The van der Waals surface area contributed by atoms with Crippen molar-refractivity contribution in [1.82, 2.24) is 9.55 Å². The number of nitrogens with zero attached hydrogens (tertiary/aromatic N) is 1. The van der Waals surface area contributed by atoms with Crippen molar-refractivity contribution >= 4 is 21.9 Å². The Hall–Kier alpha value is 0.370. The first-order chi connectivity index (χ1) is 16.6. The van der Waals surface area contributed by atoms with Crippen molar-refractivity contribution in [1.29, 1.82) is 0 Å². The molecule has 6 N–H and O–H groups in total. The van der Waals surface area contributed by atoms with Crippen LogP contribution >= 0.6 is 15.6 Å². The first-order valence-electron chi connectivity index (χ1n) is 10.0. The summed E-state index contributed by atoms with van der Waals surface area (Å²) in [6.45, 7) is -0.895. The van der Waals surface area contributed by atoms with Crippen molar-refractivity contribution in [3.63, 3.8) is 0 Å². The van der Waals surface area contributed by atoms with Gasteiger partial charge < -0.3 is 49.4 Å². The summed E-state index contributed by atoms with van der Waals surface area (Å²) in [7, 11) is -11.6. The minimum Gasteiger partial charge on any atom is -0.789 e. The maximum absolute atomic E-state index is 12.8. The molecule has 206 valence electrons. The number of H-pyrrole nitrogens is 1. The maximum atomic E-state index is 12.8. The number of rotatable bonds is 13. The van der Waals surface area contributed by atoms with Gasteiger partial charge in [-0.15, -0.1) is 0 Å². The average Bonchev–Trinajstić information content (AvgIpc) is 3.16. The quantitative estimate of drug-likeness (QED) is 0.0688. The fourth-order valence-electron chi connectivity index (χ4n) is 3.07. The second-order valence-electron chi connectivity index (χ2n) is 7.62. The normalized spacial score (nSPS) is 24.3. The zero-order valence-corrected chi connectivity index (χ0v) is 26.2. The minimum atomic E-state index is -6.11. The van der Waals surface area contributed by atoms with Gasteiger partial charge in [0.15, 0.2) is 6.29 Å². The molecule has 0 aromatic carbocycles. The van der Waals surface area contributed by atoms with Crippen LogP contribution in [0.15, 0.2) is 15.8 Å². The Morgan fingerprint density at radius 1 is 1.24 bits per heavy atom. The van der Waals surface area contributed by atoms with E-state index in [1.807, 2.05) is 4.98 Å². The van der Waals surface area contributed by atoms with Crippen LogP contribution in [-0.4, -0.2) is 91.2 Å². The number of hydrogen-bond acceptors (Lipinski definition) is 16. The summed E-state index contributed by atoms with van der Waals surface area (Å²) >= 11 is 0. The molecule has 38 heavy (non-hydrogen) atoms. The Labute approximate surface area is 258 Å². The molecule has 0 saturated carbocycles. The summed E-state index contributed by atoms with van der Waals surface area (Å²) in [4.78, 5) is 58.3. The number of phosphoric ester groups is 1. The molecule has 0 bridgehead atoms. The number of ether oxygens (including phenoxy) is 1. The molecule has 22 heteroatoms. The van der Waals surface area contributed by atoms with Gasteiger partial charge in [0.05, 0.1) is 27.1 Å². The van der Waals surface area contributed by atoms with E-state index in [0.717, 1.165) is 10.8 Å². The van der Waals surface area contributed by atoms with Crippen LogP contribution in [0.1, 0.15) is 18.2 Å². The van der Waals surface area contributed by atoms with Gasteiger partial charge in [0.2, 0.25) is 0 Å². The average molecular weight is 608 g/mol. The van der Waals surface area contributed by atoms with E-state index in [1.54, 1.807) is 0 Å². The summed E-state index contributed by atoms with van der Waals surface area (Å²) in [6, 6.07) is 0. The van der Waals surface area contributed by atoms with Crippen LogP contribution in [0.25, 0.3) is 0 Å². The number of aldehydes is 1. The second kappa shape index (κ2) is 16.1. The van der Waals surface area contributed by atoms with Crippen molar-refractivity contribution in [2.45, 2.75) is 56.2 Å². The van der Waals surface area contributed by atoms with Crippen molar-refractivity contribution in [3.05, 3.63) is 32.6 Å². The molecule has 2 heterocycles. The Morgan fingerprint density at radius 3 is 2.37 bits per heavy atom.